The summed E-state index contributed by atoms with van der Waals surface area (Å²) in [6.07, 6.45) is 2.10. The van der Waals surface area contributed by atoms with Gasteiger partial charge in [-0.2, -0.15) is 17.0 Å². The van der Waals surface area contributed by atoms with Gasteiger partial charge in [-0.05, 0) is 12.8 Å². The minimum absolute atomic E-state index is 0.324. The summed E-state index contributed by atoms with van der Waals surface area (Å²) < 4.78 is 25.9. The maximum absolute atomic E-state index is 11.4. The van der Waals surface area contributed by atoms with Crippen LogP contribution in [0.15, 0.2) is 0 Å². The van der Waals surface area contributed by atoms with Crippen LogP contribution in [0.1, 0.15) is 12.8 Å². The molecule has 0 unspecified atom stereocenters. The van der Waals surface area contributed by atoms with Gasteiger partial charge in [0.1, 0.15) is 0 Å². The van der Waals surface area contributed by atoms with Crippen LogP contribution in [0.5, 0.6) is 0 Å². The lowest BCUT2D eigenvalue weighted by molar-refractivity contribution is 0.442. The fourth-order valence-electron chi connectivity index (χ4n) is 1.38. The van der Waals surface area contributed by atoms with Gasteiger partial charge in [0.05, 0.1) is 0 Å². The molecule has 2 rings (SSSR count). The lowest BCUT2D eigenvalue weighted by Crippen LogP contribution is -2.32. The molecule has 11 heavy (non-hydrogen) atoms. The number of nitrogens with zero attached hydrogens (tertiary/aromatic N) is 2. The van der Waals surface area contributed by atoms with E-state index in [-0.39, 0.29) is 0 Å². The van der Waals surface area contributed by atoms with Crippen molar-refractivity contribution in [3.8, 4) is 0 Å². The number of rotatable bonds is 1. The van der Waals surface area contributed by atoms with Gasteiger partial charge in [0.15, 0.2) is 0 Å². The highest BCUT2D eigenvalue weighted by Crippen LogP contribution is 2.32. The molecule has 0 spiro atoms. The summed E-state index contributed by atoms with van der Waals surface area (Å²) in [5.41, 5.74) is 0. The second-order valence-electron chi connectivity index (χ2n) is 3.17. The maximum Gasteiger partial charge on any atom is 0.282 e. The Morgan fingerprint density at radius 2 is 1.91 bits per heavy atom. The third kappa shape index (κ3) is 1.07. The molecule has 0 aromatic heterocycles. The molecule has 4 nitrogen and oxygen atoms in total. The second-order valence-corrected chi connectivity index (χ2v) is 5.16. The minimum Gasteiger partial charge on any atom is -0.195 e. The highest BCUT2D eigenvalue weighted by molar-refractivity contribution is 7.87. The van der Waals surface area contributed by atoms with Crippen molar-refractivity contribution in [2.24, 2.45) is 0 Å². The van der Waals surface area contributed by atoms with Crippen molar-refractivity contribution >= 4 is 10.2 Å². The van der Waals surface area contributed by atoms with Gasteiger partial charge in [0.25, 0.3) is 10.2 Å². The first kappa shape index (κ1) is 7.52. The largest absolute Gasteiger partial charge is 0.282 e. The van der Waals surface area contributed by atoms with E-state index in [0.717, 1.165) is 12.8 Å². The second kappa shape index (κ2) is 2.18. The Morgan fingerprint density at radius 1 is 1.27 bits per heavy atom. The van der Waals surface area contributed by atoms with Crippen molar-refractivity contribution in [2.75, 3.05) is 20.1 Å². The molecule has 64 valence electrons. The van der Waals surface area contributed by atoms with Crippen molar-refractivity contribution in [2.45, 2.75) is 18.9 Å². The highest BCUT2D eigenvalue weighted by atomic mass is 32.2. The summed E-state index contributed by atoms with van der Waals surface area (Å²) in [5.74, 6) is 0. The van der Waals surface area contributed by atoms with Crippen molar-refractivity contribution in [3.05, 3.63) is 0 Å². The third-order valence-electron chi connectivity index (χ3n) is 2.28. The average molecular weight is 176 g/mol. The Kier molecular flexibility index (Phi) is 1.49. The summed E-state index contributed by atoms with van der Waals surface area (Å²) in [6, 6.07) is 0.324. The Morgan fingerprint density at radius 3 is 2.27 bits per heavy atom. The maximum atomic E-state index is 11.4. The minimum atomic E-state index is -3.04. The standard InChI is InChI=1S/C6H12N2O2S/c1-7-4-5-8(6-2-3-6)11(7,9)10/h6H,2-5H2,1H3. The molecule has 1 heterocycles. The molecule has 0 amide bonds. The van der Waals surface area contributed by atoms with Crippen LogP contribution in [0.3, 0.4) is 0 Å². The monoisotopic (exact) mass is 176 g/mol. The summed E-state index contributed by atoms with van der Waals surface area (Å²) >= 11 is 0. The van der Waals surface area contributed by atoms with E-state index < -0.39 is 10.2 Å². The molecule has 5 heteroatoms. The van der Waals surface area contributed by atoms with Gasteiger partial charge < -0.3 is 0 Å². The fourth-order valence-corrected chi connectivity index (χ4v) is 2.95. The van der Waals surface area contributed by atoms with E-state index in [1.165, 1.54) is 4.31 Å². The fraction of sp³-hybridized carbons (Fsp3) is 1.00. The van der Waals surface area contributed by atoms with Gasteiger partial charge in [-0.3, -0.25) is 0 Å². The van der Waals surface area contributed by atoms with Gasteiger partial charge in [-0.25, -0.2) is 0 Å². The van der Waals surface area contributed by atoms with Crippen molar-refractivity contribution in [1.82, 2.24) is 8.61 Å². The van der Waals surface area contributed by atoms with Crippen LogP contribution in [0.4, 0.5) is 0 Å². The molecular formula is C6H12N2O2S. The Labute approximate surface area is 67.0 Å². The summed E-state index contributed by atoms with van der Waals surface area (Å²) in [5, 5.41) is 0. The van der Waals surface area contributed by atoms with Crippen LogP contribution in [0.2, 0.25) is 0 Å². The molecule has 1 saturated heterocycles. The van der Waals surface area contributed by atoms with Crippen LogP contribution >= 0.6 is 0 Å². The molecule has 1 saturated carbocycles. The van der Waals surface area contributed by atoms with Crippen molar-refractivity contribution in [1.29, 1.82) is 0 Å². The molecule has 1 aliphatic carbocycles. The Bertz CT molecular complexity index is 258. The molecular weight excluding hydrogens is 164 g/mol. The molecule has 0 bridgehead atoms. The lowest BCUT2D eigenvalue weighted by atomic mass is 10.6. The van der Waals surface area contributed by atoms with E-state index >= 15 is 0 Å². The van der Waals surface area contributed by atoms with E-state index in [1.54, 1.807) is 11.4 Å². The number of hydrogen-bond donors (Lipinski definition) is 0. The quantitative estimate of drug-likeness (QED) is 0.547. The van der Waals surface area contributed by atoms with Crippen LogP contribution < -0.4 is 0 Å². The van der Waals surface area contributed by atoms with Crippen LogP contribution in [0.25, 0.3) is 0 Å². The first-order valence-corrected chi connectivity index (χ1v) is 5.25. The van der Waals surface area contributed by atoms with Crippen LogP contribution in [0, 0.1) is 0 Å². The first-order valence-electron chi connectivity index (χ1n) is 3.85. The van der Waals surface area contributed by atoms with Crippen LogP contribution in [-0.2, 0) is 10.2 Å². The molecule has 0 atom stereocenters. The van der Waals surface area contributed by atoms with Gasteiger partial charge >= 0.3 is 0 Å². The molecule has 0 aromatic rings. The summed E-state index contributed by atoms with van der Waals surface area (Å²) in [4.78, 5) is 0. The molecule has 0 aromatic carbocycles. The van der Waals surface area contributed by atoms with Crippen LogP contribution in [-0.4, -0.2) is 43.2 Å². The molecule has 0 N–H and O–H groups in total. The van der Waals surface area contributed by atoms with Gasteiger partial charge in [0, 0.05) is 26.2 Å². The summed E-state index contributed by atoms with van der Waals surface area (Å²) in [7, 11) is -1.40. The van der Waals surface area contributed by atoms with E-state index in [1.807, 2.05) is 0 Å². The first-order chi connectivity index (χ1) is 5.12. The third-order valence-corrected chi connectivity index (χ3v) is 4.32. The normalized spacial score (nSPS) is 32.8. The Hall–Kier alpha value is -0.130. The zero-order valence-electron chi connectivity index (χ0n) is 6.52. The predicted octanol–water partition coefficient (Wildman–Crippen LogP) is -0.359. The molecule has 1 aliphatic heterocycles. The zero-order valence-corrected chi connectivity index (χ0v) is 7.34. The SMILES string of the molecule is CN1CCN(C2CC2)S1(=O)=O. The van der Waals surface area contributed by atoms with Crippen molar-refractivity contribution < 1.29 is 8.42 Å². The smallest absolute Gasteiger partial charge is 0.195 e. The average Bonchev–Trinajstić information content (AvgIpc) is 2.67. The lowest BCUT2D eigenvalue weighted by Gasteiger charge is -2.13. The topological polar surface area (TPSA) is 40.6 Å². The van der Waals surface area contributed by atoms with Gasteiger partial charge in [-0.1, -0.05) is 0 Å². The molecule has 2 aliphatic rings. The molecule has 2 fully saturated rings. The van der Waals surface area contributed by atoms with Gasteiger partial charge in [-0.15, -0.1) is 0 Å². The summed E-state index contributed by atoms with van der Waals surface area (Å²) in [6.45, 7) is 1.34. The van der Waals surface area contributed by atoms with E-state index in [2.05, 4.69) is 0 Å². The van der Waals surface area contributed by atoms with E-state index in [9.17, 15) is 8.42 Å². The Balaban J connectivity index is 2.24. The van der Waals surface area contributed by atoms with E-state index in [0.29, 0.717) is 19.1 Å². The highest BCUT2D eigenvalue weighted by Gasteiger charge is 2.43. The van der Waals surface area contributed by atoms with E-state index in [4.69, 9.17) is 0 Å². The molecule has 0 radical (unpaired) electrons. The van der Waals surface area contributed by atoms with Gasteiger partial charge in [0.2, 0.25) is 0 Å². The number of likely N-dealkylation sites (N-methyl/N-ethyl adjacent to an activating group) is 1. The number of hydrogen-bond acceptors (Lipinski definition) is 2. The van der Waals surface area contributed by atoms with Crippen molar-refractivity contribution in [3.63, 3.8) is 0 Å². The predicted molar refractivity (Wildman–Crippen MR) is 41.3 cm³/mol. The zero-order chi connectivity index (χ0) is 8.06.